The van der Waals surface area contributed by atoms with Gasteiger partial charge in [0.1, 0.15) is 18.5 Å². The second-order valence-corrected chi connectivity index (χ2v) is 7.70. The molecule has 0 spiro atoms. The van der Waals surface area contributed by atoms with Gasteiger partial charge in [-0.2, -0.15) is 0 Å². The maximum absolute atomic E-state index is 11.7. The number of amides is 1. The standard InChI is InChI=1S/C20H32N2O4/c1-5-25-19(24)22-12-10-21(11-13-22)14-16(23)15-26-18-9-7-6-8-17(18)20(2,3)4/h6-9,16,23H,5,10-15H2,1-4H3/t16-/m0/s1. The van der Waals surface area contributed by atoms with E-state index < -0.39 is 6.10 Å². The van der Waals surface area contributed by atoms with Gasteiger partial charge in [0.25, 0.3) is 0 Å². The molecule has 6 heteroatoms. The Labute approximate surface area is 156 Å². The molecular formula is C20H32N2O4. The number of carbonyl (C=O) groups excluding carboxylic acids is 1. The lowest BCUT2D eigenvalue weighted by molar-refractivity contribution is 0.0404. The van der Waals surface area contributed by atoms with Crippen LogP contribution in [0.3, 0.4) is 0 Å². The highest BCUT2D eigenvalue weighted by molar-refractivity contribution is 5.67. The molecule has 0 saturated carbocycles. The molecule has 0 unspecified atom stereocenters. The van der Waals surface area contributed by atoms with E-state index in [2.05, 4.69) is 31.7 Å². The largest absolute Gasteiger partial charge is 0.491 e. The third-order valence-corrected chi connectivity index (χ3v) is 4.49. The first kappa shape index (κ1) is 20.5. The molecule has 1 aromatic carbocycles. The van der Waals surface area contributed by atoms with Crippen LogP contribution in [0.2, 0.25) is 0 Å². The van der Waals surface area contributed by atoms with E-state index in [9.17, 15) is 9.90 Å². The van der Waals surface area contributed by atoms with E-state index in [1.807, 2.05) is 25.1 Å². The van der Waals surface area contributed by atoms with Crippen molar-refractivity contribution in [3.63, 3.8) is 0 Å². The number of hydrogen-bond acceptors (Lipinski definition) is 5. The highest BCUT2D eigenvalue weighted by Crippen LogP contribution is 2.30. The molecule has 26 heavy (non-hydrogen) atoms. The summed E-state index contributed by atoms with van der Waals surface area (Å²) in [6, 6.07) is 7.97. The Kier molecular flexibility index (Phi) is 7.29. The highest BCUT2D eigenvalue weighted by Gasteiger charge is 2.24. The fourth-order valence-electron chi connectivity index (χ4n) is 3.08. The molecule has 1 saturated heterocycles. The molecule has 0 bridgehead atoms. The summed E-state index contributed by atoms with van der Waals surface area (Å²) in [4.78, 5) is 15.6. The molecule has 1 aliphatic heterocycles. The Morgan fingerprint density at radius 3 is 2.46 bits per heavy atom. The van der Waals surface area contributed by atoms with Gasteiger partial charge in [0.05, 0.1) is 6.61 Å². The summed E-state index contributed by atoms with van der Waals surface area (Å²) in [6.07, 6.45) is -0.827. The number of hydrogen-bond donors (Lipinski definition) is 1. The lowest BCUT2D eigenvalue weighted by Crippen LogP contribution is -2.51. The molecule has 1 N–H and O–H groups in total. The number of aliphatic hydroxyl groups excluding tert-OH is 1. The molecule has 0 aromatic heterocycles. The summed E-state index contributed by atoms with van der Waals surface area (Å²) in [7, 11) is 0. The fraction of sp³-hybridized carbons (Fsp3) is 0.650. The second-order valence-electron chi connectivity index (χ2n) is 7.70. The van der Waals surface area contributed by atoms with Gasteiger partial charge in [0, 0.05) is 32.7 Å². The zero-order chi connectivity index (χ0) is 19.2. The predicted octanol–water partition coefficient (Wildman–Crippen LogP) is 2.50. The van der Waals surface area contributed by atoms with E-state index in [0.717, 1.165) is 24.4 Å². The molecule has 1 atom stereocenters. The maximum atomic E-state index is 11.7. The van der Waals surface area contributed by atoms with E-state index in [-0.39, 0.29) is 18.1 Å². The summed E-state index contributed by atoms with van der Waals surface area (Å²) in [5, 5.41) is 10.3. The van der Waals surface area contributed by atoms with Crippen molar-refractivity contribution >= 4 is 6.09 Å². The number of nitrogens with zero attached hydrogens (tertiary/aromatic N) is 2. The van der Waals surface area contributed by atoms with Crippen LogP contribution in [0.5, 0.6) is 5.75 Å². The normalized spacial score (nSPS) is 17.0. The monoisotopic (exact) mass is 364 g/mol. The van der Waals surface area contributed by atoms with Gasteiger partial charge in [-0.1, -0.05) is 39.0 Å². The predicted molar refractivity (Wildman–Crippen MR) is 102 cm³/mol. The number of ether oxygens (including phenoxy) is 2. The van der Waals surface area contributed by atoms with Crippen LogP contribution in [0.4, 0.5) is 4.79 Å². The van der Waals surface area contributed by atoms with Crippen molar-refractivity contribution in [1.29, 1.82) is 0 Å². The SMILES string of the molecule is CCOC(=O)N1CCN(C[C@H](O)COc2ccccc2C(C)(C)C)CC1. The molecule has 1 aliphatic rings. The number of piperazine rings is 1. The Morgan fingerprint density at radius 2 is 1.85 bits per heavy atom. The zero-order valence-corrected chi connectivity index (χ0v) is 16.4. The first-order valence-corrected chi connectivity index (χ1v) is 9.35. The van der Waals surface area contributed by atoms with Gasteiger partial charge in [0.15, 0.2) is 0 Å². The molecule has 0 radical (unpaired) electrons. The minimum atomic E-state index is -0.572. The van der Waals surface area contributed by atoms with E-state index >= 15 is 0 Å². The van der Waals surface area contributed by atoms with Crippen LogP contribution in [0, 0.1) is 0 Å². The van der Waals surface area contributed by atoms with Crippen molar-refractivity contribution in [1.82, 2.24) is 9.80 Å². The van der Waals surface area contributed by atoms with Crippen LogP contribution in [0.25, 0.3) is 0 Å². The Balaban J connectivity index is 1.79. The molecule has 1 fully saturated rings. The summed E-state index contributed by atoms with van der Waals surface area (Å²) in [6.45, 7) is 12.1. The average Bonchev–Trinajstić information content (AvgIpc) is 2.60. The van der Waals surface area contributed by atoms with Crippen LogP contribution in [0.1, 0.15) is 33.3 Å². The fourth-order valence-corrected chi connectivity index (χ4v) is 3.08. The van der Waals surface area contributed by atoms with E-state index in [4.69, 9.17) is 9.47 Å². The van der Waals surface area contributed by atoms with Crippen LogP contribution in [0.15, 0.2) is 24.3 Å². The minimum absolute atomic E-state index is 0.00896. The second kappa shape index (κ2) is 9.24. The van der Waals surface area contributed by atoms with Crippen molar-refractivity contribution in [2.24, 2.45) is 0 Å². The van der Waals surface area contributed by atoms with Gasteiger partial charge >= 0.3 is 6.09 Å². The van der Waals surface area contributed by atoms with Crippen LogP contribution < -0.4 is 4.74 Å². The van der Waals surface area contributed by atoms with Crippen molar-refractivity contribution in [2.45, 2.75) is 39.2 Å². The summed E-state index contributed by atoms with van der Waals surface area (Å²) >= 11 is 0. The highest BCUT2D eigenvalue weighted by atomic mass is 16.6. The number of para-hydroxylation sites is 1. The van der Waals surface area contributed by atoms with Crippen molar-refractivity contribution < 1.29 is 19.4 Å². The number of carbonyl (C=O) groups is 1. The van der Waals surface area contributed by atoms with Crippen molar-refractivity contribution in [2.75, 3.05) is 45.9 Å². The van der Waals surface area contributed by atoms with E-state index in [1.54, 1.807) is 4.90 Å². The van der Waals surface area contributed by atoms with E-state index in [0.29, 0.717) is 26.2 Å². The van der Waals surface area contributed by atoms with Gasteiger partial charge in [-0.3, -0.25) is 4.90 Å². The smallest absolute Gasteiger partial charge is 0.409 e. The molecule has 1 amide bonds. The molecule has 1 aromatic rings. The molecule has 2 rings (SSSR count). The minimum Gasteiger partial charge on any atom is -0.491 e. The van der Waals surface area contributed by atoms with Gasteiger partial charge < -0.3 is 19.5 Å². The van der Waals surface area contributed by atoms with Crippen LogP contribution in [-0.4, -0.2) is 73.0 Å². The third-order valence-electron chi connectivity index (χ3n) is 4.49. The number of β-amino-alcohol motifs (C(OH)–C–C–N with tert-alkyl or cyclic N) is 1. The number of rotatable bonds is 6. The first-order valence-electron chi connectivity index (χ1n) is 9.35. The van der Waals surface area contributed by atoms with Gasteiger partial charge in [-0.25, -0.2) is 4.79 Å². The zero-order valence-electron chi connectivity index (χ0n) is 16.4. The van der Waals surface area contributed by atoms with Crippen molar-refractivity contribution in [3.05, 3.63) is 29.8 Å². The number of aliphatic hydroxyl groups is 1. The molecule has 6 nitrogen and oxygen atoms in total. The first-order chi connectivity index (χ1) is 12.3. The molecular weight excluding hydrogens is 332 g/mol. The molecule has 146 valence electrons. The van der Waals surface area contributed by atoms with Crippen LogP contribution >= 0.6 is 0 Å². The maximum Gasteiger partial charge on any atom is 0.409 e. The lowest BCUT2D eigenvalue weighted by atomic mass is 9.86. The quantitative estimate of drug-likeness (QED) is 0.840. The van der Waals surface area contributed by atoms with Gasteiger partial charge in [-0.05, 0) is 24.0 Å². The average molecular weight is 364 g/mol. The Morgan fingerprint density at radius 1 is 1.19 bits per heavy atom. The summed E-state index contributed by atoms with van der Waals surface area (Å²) < 4.78 is 10.9. The summed E-state index contributed by atoms with van der Waals surface area (Å²) in [5.41, 5.74) is 1.13. The molecule has 1 heterocycles. The van der Waals surface area contributed by atoms with Crippen molar-refractivity contribution in [3.8, 4) is 5.75 Å². The Bertz CT molecular complexity index is 577. The number of benzene rings is 1. The lowest BCUT2D eigenvalue weighted by Gasteiger charge is -2.35. The third kappa shape index (κ3) is 5.88. The van der Waals surface area contributed by atoms with E-state index in [1.165, 1.54) is 0 Å². The molecule has 0 aliphatic carbocycles. The van der Waals surface area contributed by atoms with Gasteiger partial charge in [0.2, 0.25) is 0 Å². The Hall–Kier alpha value is -1.79. The van der Waals surface area contributed by atoms with Gasteiger partial charge in [-0.15, -0.1) is 0 Å². The topological polar surface area (TPSA) is 62.2 Å². The van der Waals surface area contributed by atoms with Crippen LogP contribution in [-0.2, 0) is 10.2 Å². The summed E-state index contributed by atoms with van der Waals surface area (Å²) in [5.74, 6) is 0.825.